The van der Waals surface area contributed by atoms with Gasteiger partial charge in [-0.25, -0.2) is 13.8 Å². The number of carbonyl (C=O) groups excluding carboxylic acids is 1. The molecule has 1 amide bonds. The molecule has 0 atom stereocenters. The van der Waals surface area contributed by atoms with Crippen LogP contribution in [0.4, 0.5) is 5.69 Å². The van der Waals surface area contributed by atoms with Gasteiger partial charge in [0.2, 0.25) is 0 Å². The zero-order valence-corrected chi connectivity index (χ0v) is 19.0. The highest BCUT2D eigenvalue weighted by atomic mass is 32.2. The van der Waals surface area contributed by atoms with Gasteiger partial charge >= 0.3 is 0 Å². The van der Waals surface area contributed by atoms with E-state index in [0.29, 0.717) is 41.7 Å². The molecular formula is C24H23N3O5S. The number of ether oxygens (including phenoxy) is 2. The number of hydrogen-bond donors (Lipinski definition) is 1. The van der Waals surface area contributed by atoms with E-state index in [0.717, 1.165) is 5.56 Å². The van der Waals surface area contributed by atoms with Gasteiger partial charge in [-0.15, -0.1) is 0 Å². The minimum Gasteiger partial charge on any atom is -0.486 e. The van der Waals surface area contributed by atoms with E-state index in [1.165, 1.54) is 23.5 Å². The topological polar surface area (TPSA) is 97.3 Å². The lowest BCUT2D eigenvalue weighted by Crippen LogP contribution is -2.26. The molecule has 0 bridgehead atoms. The molecule has 0 unspecified atom stereocenters. The first-order valence-electron chi connectivity index (χ1n) is 10.2. The van der Waals surface area contributed by atoms with Crippen LogP contribution in [0.2, 0.25) is 0 Å². The summed E-state index contributed by atoms with van der Waals surface area (Å²) in [4.78, 5) is 12.7. The number of fused-ring (bicyclic) bond motifs is 1. The van der Waals surface area contributed by atoms with Crippen LogP contribution in [-0.4, -0.2) is 40.3 Å². The highest BCUT2D eigenvalue weighted by Crippen LogP contribution is 2.31. The van der Waals surface area contributed by atoms with Gasteiger partial charge in [0.25, 0.3) is 15.9 Å². The first-order chi connectivity index (χ1) is 15.9. The van der Waals surface area contributed by atoms with Crippen molar-refractivity contribution >= 4 is 27.3 Å². The fourth-order valence-corrected chi connectivity index (χ4v) is 4.46. The van der Waals surface area contributed by atoms with Crippen molar-refractivity contribution in [2.45, 2.75) is 11.8 Å². The van der Waals surface area contributed by atoms with Gasteiger partial charge in [0.1, 0.15) is 13.2 Å². The lowest BCUT2D eigenvalue weighted by molar-refractivity contribution is 0.0955. The minimum atomic E-state index is -3.69. The SMILES string of the molecule is C/C(=N/NC(=O)c1ccc(N(C)S(=O)(=O)c2ccccc2)cc1)c1ccc2c(c1)OCCO2. The van der Waals surface area contributed by atoms with Crippen LogP contribution < -0.4 is 19.2 Å². The maximum absolute atomic E-state index is 12.8. The molecule has 1 aliphatic rings. The molecular weight excluding hydrogens is 442 g/mol. The molecule has 0 radical (unpaired) electrons. The molecule has 0 spiro atoms. The Bertz CT molecular complexity index is 1290. The van der Waals surface area contributed by atoms with Crippen molar-refractivity contribution in [1.29, 1.82) is 0 Å². The summed E-state index contributed by atoms with van der Waals surface area (Å²) in [5.41, 5.74) is 4.71. The van der Waals surface area contributed by atoms with Crippen molar-refractivity contribution in [2.75, 3.05) is 24.6 Å². The first-order valence-corrected chi connectivity index (χ1v) is 11.7. The Labute approximate surface area is 192 Å². The number of sulfonamides is 1. The predicted molar refractivity (Wildman–Crippen MR) is 126 cm³/mol. The average molecular weight is 466 g/mol. The predicted octanol–water partition coefficient (Wildman–Crippen LogP) is 3.44. The van der Waals surface area contributed by atoms with Gasteiger partial charge in [0.15, 0.2) is 11.5 Å². The number of hydrazone groups is 1. The van der Waals surface area contributed by atoms with Gasteiger partial charge in [0, 0.05) is 18.2 Å². The van der Waals surface area contributed by atoms with Crippen LogP contribution in [0.5, 0.6) is 11.5 Å². The highest BCUT2D eigenvalue weighted by Gasteiger charge is 2.21. The molecule has 33 heavy (non-hydrogen) atoms. The Kier molecular flexibility index (Phi) is 6.32. The number of hydrogen-bond acceptors (Lipinski definition) is 6. The van der Waals surface area contributed by atoms with Gasteiger partial charge in [-0.2, -0.15) is 5.10 Å². The zero-order chi connectivity index (χ0) is 23.4. The molecule has 0 aromatic heterocycles. The third-order valence-corrected chi connectivity index (χ3v) is 6.98. The molecule has 1 aliphatic heterocycles. The molecule has 170 valence electrons. The second kappa shape index (κ2) is 9.33. The summed E-state index contributed by atoms with van der Waals surface area (Å²) < 4.78 is 37.8. The van der Waals surface area contributed by atoms with E-state index >= 15 is 0 Å². The number of amides is 1. The maximum Gasteiger partial charge on any atom is 0.271 e. The van der Waals surface area contributed by atoms with E-state index in [-0.39, 0.29) is 4.90 Å². The van der Waals surface area contributed by atoms with Crippen molar-refractivity contribution < 1.29 is 22.7 Å². The van der Waals surface area contributed by atoms with Gasteiger partial charge < -0.3 is 9.47 Å². The largest absolute Gasteiger partial charge is 0.486 e. The van der Waals surface area contributed by atoms with Crippen molar-refractivity contribution in [2.24, 2.45) is 5.10 Å². The summed E-state index contributed by atoms with van der Waals surface area (Å²) in [6.45, 7) is 2.78. The summed E-state index contributed by atoms with van der Waals surface area (Å²) in [5, 5.41) is 4.17. The Balaban J connectivity index is 1.44. The third kappa shape index (κ3) is 4.83. The van der Waals surface area contributed by atoms with Gasteiger partial charge in [-0.3, -0.25) is 9.10 Å². The van der Waals surface area contributed by atoms with E-state index in [4.69, 9.17) is 9.47 Å². The van der Waals surface area contributed by atoms with Crippen LogP contribution in [0, 0.1) is 0 Å². The monoisotopic (exact) mass is 465 g/mol. The standard InChI is InChI=1S/C24H23N3O5S/c1-17(19-10-13-22-23(16-19)32-15-14-31-22)25-26-24(28)18-8-11-20(12-9-18)27(2)33(29,30)21-6-4-3-5-7-21/h3-13,16H,14-15H2,1-2H3,(H,26,28)/b25-17-. The fraction of sp³-hybridized carbons (Fsp3) is 0.167. The smallest absolute Gasteiger partial charge is 0.271 e. The second-order valence-corrected chi connectivity index (χ2v) is 9.30. The van der Waals surface area contributed by atoms with Gasteiger partial charge in [-0.05, 0) is 61.5 Å². The van der Waals surface area contributed by atoms with Crippen molar-refractivity contribution in [3.05, 3.63) is 83.9 Å². The highest BCUT2D eigenvalue weighted by molar-refractivity contribution is 7.92. The lowest BCUT2D eigenvalue weighted by Gasteiger charge is -2.19. The summed E-state index contributed by atoms with van der Waals surface area (Å²) in [5.74, 6) is 0.915. The second-order valence-electron chi connectivity index (χ2n) is 7.33. The van der Waals surface area contributed by atoms with E-state index in [1.807, 2.05) is 18.2 Å². The Hall–Kier alpha value is -3.85. The first kappa shape index (κ1) is 22.3. The van der Waals surface area contributed by atoms with Crippen LogP contribution in [0.25, 0.3) is 0 Å². The molecule has 4 rings (SSSR count). The molecule has 0 saturated heterocycles. The summed E-state index contributed by atoms with van der Waals surface area (Å²) >= 11 is 0. The summed E-state index contributed by atoms with van der Waals surface area (Å²) in [6, 6.07) is 19.9. The van der Waals surface area contributed by atoms with Crippen molar-refractivity contribution in [3.8, 4) is 11.5 Å². The molecule has 9 heteroatoms. The van der Waals surface area contributed by atoms with E-state index in [2.05, 4.69) is 10.5 Å². The zero-order valence-electron chi connectivity index (χ0n) is 18.2. The number of rotatable bonds is 6. The number of nitrogens with one attached hydrogen (secondary N) is 1. The Morgan fingerprint density at radius 1 is 0.909 bits per heavy atom. The summed E-state index contributed by atoms with van der Waals surface area (Å²) in [7, 11) is -2.22. The summed E-state index contributed by atoms with van der Waals surface area (Å²) in [6.07, 6.45) is 0. The number of benzene rings is 3. The molecule has 3 aromatic rings. The molecule has 1 N–H and O–H groups in total. The molecule has 3 aromatic carbocycles. The normalized spacial score (nSPS) is 13.3. The van der Waals surface area contributed by atoms with Crippen molar-refractivity contribution in [3.63, 3.8) is 0 Å². The Morgan fingerprint density at radius 3 is 2.24 bits per heavy atom. The van der Waals surface area contributed by atoms with Crippen molar-refractivity contribution in [1.82, 2.24) is 5.43 Å². The lowest BCUT2D eigenvalue weighted by atomic mass is 10.1. The Morgan fingerprint density at radius 2 is 1.55 bits per heavy atom. The van der Waals surface area contributed by atoms with E-state index in [1.54, 1.807) is 49.4 Å². The van der Waals surface area contributed by atoms with Gasteiger partial charge in [-0.1, -0.05) is 18.2 Å². The van der Waals surface area contributed by atoms with Crippen LogP contribution in [0.3, 0.4) is 0 Å². The quantitative estimate of drug-likeness (QED) is 0.444. The number of nitrogens with zero attached hydrogens (tertiary/aromatic N) is 2. The van der Waals surface area contributed by atoms with Crippen LogP contribution in [0.1, 0.15) is 22.8 Å². The average Bonchev–Trinajstić information content (AvgIpc) is 2.86. The molecule has 0 saturated carbocycles. The van der Waals surface area contributed by atoms with Gasteiger partial charge in [0.05, 0.1) is 16.3 Å². The molecule has 0 aliphatic carbocycles. The minimum absolute atomic E-state index is 0.193. The number of carbonyl (C=O) groups is 1. The van der Waals surface area contributed by atoms with Crippen LogP contribution in [-0.2, 0) is 10.0 Å². The molecule has 8 nitrogen and oxygen atoms in total. The van der Waals surface area contributed by atoms with E-state index < -0.39 is 15.9 Å². The van der Waals surface area contributed by atoms with Crippen LogP contribution in [0.15, 0.2) is 82.8 Å². The third-order valence-electron chi connectivity index (χ3n) is 5.18. The van der Waals surface area contributed by atoms with Crippen LogP contribution >= 0.6 is 0 Å². The molecule has 0 fully saturated rings. The number of anilines is 1. The fourth-order valence-electron chi connectivity index (χ4n) is 3.24. The maximum atomic E-state index is 12.8. The van der Waals surface area contributed by atoms with E-state index in [9.17, 15) is 13.2 Å². The molecule has 1 heterocycles.